The Bertz CT molecular complexity index is 529. The minimum atomic E-state index is -1.93. The van der Waals surface area contributed by atoms with Crippen LogP contribution >= 0.6 is 0 Å². The highest BCUT2D eigenvalue weighted by atomic mass is 28.4. The van der Waals surface area contributed by atoms with Gasteiger partial charge in [-0.3, -0.25) is 4.79 Å². The number of rotatable bonds is 9. The van der Waals surface area contributed by atoms with Crippen LogP contribution in [-0.2, 0) is 22.3 Å². The Hall–Kier alpha value is -0.983. The maximum absolute atomic E-state index is 11.3. The zero-order valence-corrected chi connectivity index (χ0v) is 16.9. The van der Waals surface area contributed by atoms with Gasteiger partial charge in [0.25, 0.3) is 0 Å². The van der Waals surface area contributed by atoms with E-state index >= 15 is 0 Å². The van der Waals surface area contributed by atoms with Gasteiger partial charge in [0, 0.05) is 6.61 Å². The summed E-state index contributed by atoms with van der Waals surface area (Å²) in [6.45, 7) is 15.7. The first-order valence-electron chi connectivity index (χ1n) is 9.08. The van der Waals surface area contributed by atoms with Gasteiger partial charge in [0.05, 0.1) is 31.1 Å². The van der Waals surface area contributed by atoms with Crippen LogP contribution in [0.15, 0.2) is 6.20 Å². The summed E-state index contributed by atoms with van der Waals surface area (Å²) in [6, 6.07) is 0. The molecule has 1 saturated heterocycles. The largest absolute Gasteiger partial charge is 0.410 e. The van der Waals surface area contributed by atoms with E-state index in [4.69, 9.17) is 9.16 Å². The van der Waals surface area contributed by atoms with Gasteiger partial charge >= 0.3 is 0 Å². The maximum Gasteiger partial charge on any atom is 0.200 e. The smallest absolute Gasteiger partial charge is 0.200 e. The third kappa shape index (κ3) is 3.65. The van der Waals surface area contributed by atoms with Crippen molar-refractivity contribution < 1.29 is 14.0 Å². The number of aromatic nitrogens is 2. The van der Waals surface area contributed by atoms with E-state index < -0.39 is 8.32 Å². The second-order valence-corrected chi connectivity index (χ2v) is 13.2. The van der Waals surface area contributed by atoms with Crippen molar-refractivity contribution in [3.63, 3.8) is 0 Å². The van der Waals surface area contributed by atoms with Crippen molar-refractivity contribution in [2.24, 2.45) is 0 Å². The molecule has 2 heterocycles. The Balaban J connectivity index is 2.20. The SMILES string of the molecule is CC(C)[Si](OCc1cnc(C=O)n1C[C@@H]1CCO1)(C(C)C)C(C)C. The summed E-state index contributed by atoms with van der Waals surface area (Å²) in [6.07, 6.45) is 3.83. The van der Waals surface area contributed by atoms with Crippen molar-refractivity contribution in [2.45, 2.75) is 83.8 Å². The zero-order chi connectivity index (χ0) is 17.9. The predicted molar refractivity (Wildman–Crippen MR) is 97.8 cm³/mol. The van der Waals surface area contributed by atoms with Gasteiger partial charge in [-0.2, -0.15) is 0 Å². The third-order valence-electron chi connectivity index (χ3n) is 5.43. The quantitative estimate of drug-likeness (QED) is 0.494. The Morgan fingerprint density at radius 3 is 2.29 bits per heavy atom. The van der Waals surface area contributed by atoms with Gasteiger partial charge in [0.15, 0.2) is 12.1 Å². The lowest BCUT2D eigenvalue weighted by atomic mass is 10.2. The van der Waals surface area contributed by atoms with E-state index in [0.29, 0.717) is 35.6 Å². The Labute approximate surface area is 146 Å². The highest BCUT2D eigenvalue weighted by Gasteiger charge is 2.45. The predicted octanol–water partition coefficient (Wildman–Crippen LogP) is 4.18. The van der Waals surface area contributed by atoms with Gasteiger partial charge in [-0.15, -0.1) is 0 Å². The molecule has 24 heavy (non-hydrogen) atoms. The molecule has 1 aliphatic heterocycles. The van der Waals surface area contributed by atoms with E-state index in [2.05, 4.69) is 46.5 Å². The summed E-state index contributed by atoms with van der Waals surface area (Å²) in [7, 11) is -1.93. The summed E-state index contributed by atoms with van der Waals surface area (Å²) in [5, 5.41) is 0. The van der Waals surface area contributed by atoms with Crippen LogP contribution in [0.3, 0.4) is 0 Å². The molecule has 0 amide bonds. The molecule has 1 aromatic rings. The van der Waals surface area contributed by atoms with Gasteiger partial charge < -0.3 is 13.7 Å². The molecule has 6 heteroatoms. The number of carbonyl (C=O) groups excluding carboxylic acids is 1. The molecule has 0 unspecified atom stereocenters. The molecule has 0 saturated carbocycles. The van der Waals surface area contributed by atoms with Gasteiger partial charge in [0.2, 0.25) is 8.32 Å². The van der Waals surface area contributed by atoms with E-state index in [1.807, 2.05) is 4.57 Å². The van der Waals surface area contributed by atoms with E-state index in [9.17, 15) is 4.79 Å². The lowest BCUT2D eigenvalue weighted by molar-refractivity contribution is -0.0599. The number of nitrogens with zero attached hydrogens (tertiary/aromatic N) is 2. The molecule has 1 aliphatic rings. The summed E-state index contributed by atoms with van der Waals surface area (Å²) >= 11 is 0. The summed E-state index contributed by atoms with van der Waals surface area (Å²) in [4.78, 5) is 15.6. The van der Waals surface area contributed by atoms with E-state index in [1.165, 1.54) is 0 Å². The summed E-state index contributed by atoms with van der Waals surface area (Å²) < 4.78 is 14.1. The molecule has 5 nitrogen and oxygen atoms in total. The van der Waals surface area contributed by atoms with E-state index in [0.717, 1.165) is 25.0 Å². The van der Waals surface area contributed by atoms with Crippen LogP contribution in [0, 0.1) is 0 Å². The van der Waals surface area contributed by atoms with Crippen molar-refractivity contribution in [1.29, 1.82) is 0 Å². The zero-order valence-electron chi connectivity index (χ0n) is 15.9. The lowest BCUT2D eigenvalue weighted by Crippen LogP contribution is -2.47. The lowest BCUT2D eigenvalue weighted by Gasteiger charge is -2.42. The normalized spacial score (nSPS) is 18.5. The topological polar surface area (TPSA) is 53.3 Å². The number of carbonyl (C=O) groups is 1. The molecule has 0 aliphatic carbocycles. The fraction of sp³-hybridized carbons (Fsp3) is 0.778. The molecule has 2 rings (SSSR count). The van der Waals surface area contributed by atoms with Gasteiger partial charge in [-0.25, -0.2) is 4.98 Å². The molecule has 1 aromatic heterocycles. The molecule has 0 spiro atoms. The molecule has 0 radical (unpaired) electrons. The van der Waals surface area contributed by atoms with Crippen LogP contribution in [0.4, 0.5) is 0 Å². The van der Waals surface area contributed by atoms with E-state index in [-0.39, 0.29) is 6.10 Å². The fourth-order valence-electron chi connectivity index (χ4n) is 4.18. The van der Waals surface area contributed by atoms with Crippen LogP contribution in [0.25, 0.3) is 0 Å². The first-order valence-corrected chi connectivity index (χ1v) is 11.2. The molecular formula is C18H32N2O3Si. The number of aldehydes is 1. The fourth-order valence-corrected chi connectivity index (χ4v) is 9.58. The van der Waals surface area contributed by atoms with Crippen LogP contribution < -0.4 is 0 Å². The van der Waals surface area contributed by atoms with Crippen LogP contribution in [0.5, 0.6) is 0 Å². The van der Waals surface area contributed by atoms with Crippen LogP contribution in [0.2, 0.25) is 16.6 Å². The first-order chi connectivity index (χ1) is 11.3. The van der Waals surface area contributed by atoms with Gasteiger partial charge in [0.1, 0.15) is 0 Å². The molecule has 136 valence electrons. The summed E-state index contributed by atoms with van der Waals surface area (Å²) in [5.41, 5.74) is 2.59. The minimum Gasteiger partial charge on any atom is -0.410 e. The molecular weight excluding hydrogens is 320 g/mol. The highest BCUT2D eigenvalue weighted by molar-refractivity contribution is 6.77. The molecule has 1 fully saturated rings. The maximum atomic E-state index is 11.3. The van der Waals surface area contributed by atoms with Gasteiger partial charge in [-0.1, -0.05) is 41.5 Å². The third-order valence-corrected chi connectivity index (χ3v) is 11.5. The average Bonchev–Trinajstić information content (AvgIpc) is 2.84. The average molecular weight is 353 g/mol. The molecule has 0 bridgehead atoms. The minimum absolute atomic E-state index is 0.193. The van der Waals surface area contributed by atoms with Crippen LogP contribution in [0.1, 0.15) is 64.3 Å². The monoisotopic (exact) mass is 352 g/mol. The number of hydrogen-bond donors (Lipinski definition) is 0. The van der Waals surface area contributed by atoms with Crippen molar-refractivity contribution in [2.75, 3.05) is 6.61 Å². The molecule has 1 atom stereocenters. The van der Waals surface area contributed by atoms with Crippen molar-refractivity contribution in [3.05, 3.63) is 17.7 Å². The number of hydrogen-bond acceptors (Lipinski definition) is 4. The number of imidazole rings is 1. The Morgan fingerprint density at radius 1 is 1.29 bits per heavy atom. The van der Waals surface area contributed by atoms with Crippen molar-refractivity contribution in [1.82, 2.24) is 9.55 Å². The summed E-state index contributed by atoms with van der Waals surface area (Å²) in [5.74, 6) is 0.468. The Kier molecular flexibility index (Phi) is 6.39. The molecule has 0 N–H and O–H groups in total. The van der Waals surface area contributed by atoms with E-state index in [1.54, 1.807) is 6.20 Å². The second kappa shape index (κ2) is 7.93. The highest BCUT2D eigenvalue weighted by Crippen LogP contribution is 2.42. The second-order valence-electron chi connectivity index (χ2n) is 7.72. The van der Waals surface area contributed by atoms with Crippen molar-refractivity contribution in [3.8, 4) is 0 Å². The standard InChI is InChI=1S/C18H32N2O3Si/c1-13(2)24(14(3)4,15(5)6)23-12-16-9-19-18(11-21)20(16)10-17-7-8-22-17/h9,11,13-15,17H,7-8,10,12H2,1-6H3/t17-/m0/s1. The Morgan fingerprint density at radius 2 is 1.88 bits per heavy atom. The van der Waals surface area contributed by atoms with Crippen molar-refractivity contribution >= 4 is 14.6 Å². The van der Waals surface area contributed by atoms with Crippen LogP contribution in [-0.4, -0.2) is 36.9 Å². The first kappa shape index (κ1) is 19.3. The number of ether oxygens (including phenoxy) is 1. The van der Waals surface area contributed by atoms with Gasteiger partial charge in [-0.05, 0) is 23.0 Å². The molecule has 0 aromatic carbocycles.